The van der Waals surface area contributed by atoms with Crippen LogP contribution in [0, 0.1) is 6.92 Å². The molecule has 0 saturated carbocycles. The number of ether oxygens (including phenoxy) is 1. The molecule has 5 nitrogen and oxygen atoms in total. The molecular weight excluding hydrogens is 194 g/mol. The Labute approximate surface area is 88.9 Å². The molecule has 0 spiro atoms. The van der Waals surface area contributed by atoms with Crippen LogP contribution in [0.1, 0.15) is 19.0 Å². The predicted octanol–water partition coefficient (Wildman–Crippen LogP) is 1.15. The molecule has 0 radical (unpaired) electrons. The van der Waals surface area contributed by atoms with Gasteiger partial charge in [-0.15, -0.1) is 0 Å². The van der Waals surface area contributed by atoms with Crippen molar-refractivity contribution < 1.29 is 9.53 Å². The smallest absolute Gasteiger partial charge is 0.307 e. The zero-order valence-corrected chi connectivity index (χ0v) is 8.99. The van der Waals surface area contributed by atoms with Gasteiger partial charge in [-0.2, -0.15) is 0 Å². The molecule has 0 fully saturated rings. The van der Waals surface area contributed by atoms with Crippen LogP contribution >= 0.6 is 0 Å². The van der Waals surface area contributed by atoms with Gasteiger partial charge in [0.25, 0.3) is 0 Å². The Bertz CT molecular complexity index is 328. The third kappa shape index (κ3) is 3.93. The minimum absolute atomic E-state index is 0.202. The van der Waals surface area contributed by atoms with Gasteiger partial charge in [0.15, 0.2) is 0 Å². The van der Waals surface area contributed by atoms with Gasteiger partial charge in [-0.25, -0.2) is 4.98 Å². The second kappa shape index (κ2) is 5.95. The maximum absolute atomic E-state index is 11.0. The summed E-state index contributed by atoms with van der Waals surface area (Å²) in [6.07, 6.45) is 3.58. The standard InChI is InChI=1S/C10H15N3O2/c1-3-15-9(14)4-5-12-10-8(2)11-6-7-13-10/h6-7H,3-5H2,1-2H3,(H,12,13). The number of hydrogen-bond donors (Lipinski definition) is 1. The first kappa shape index (κ1) is 11.4. The van der Waals surface area contributed by atoms with E-state index in [-0.39, 0.29) is 5.97 Å². The fraction of sp³-hybridized carbons (Fsp3) is 0.500. The van der Waals surface area contributed by atoms with Crippen molar-refractivity contribution in [1.29, 1.82) is 0 Å². The second-order valence-electron chi connectivity index (χ2n) is 2.97. The van der Waals surface area contributed by atoms with Gasteiger partial charge in [-0.1, -0.05) is 0 Å². The van der Waals surface area contributed by atoms with Crippen LogP contribution in [0.15, 0.2) is 12.4 Å². The highest BCUT2D eigenvalue weighted by Crippen LogP contribution is 2.05. The lowest BCUT2D eigenvalue weighted by molar-refractivity contribution is -0.142. The first-order chi connectivity index (χ1) is 7.24. The summed E-state index contributed by atoms with van der Waals surface area (Å²) in [4.78, 5) is 19.2. The van der Waals surface area contributed by atoms with Crippen molar-refractivity contribution in [3.05, 3.63) is 18.1 Å². The van der Waals surface area contributed by atoms with Crippen LogP contribution in [0.5, 0.6) is 0 Å². The number of rotatable bonds is 5. The lowest BCUT2D eigenvalue weighted by Crippen LogP contribution is -2.12. The zero-order chi connectivity index (χ0) is 11.1. The molecule has 0 atom stereocenters. The van der Waals surface area contributed by atoms with Gasteiger partial charge in [0.05, 0.1) is 18.7 Å². The SMILES string of the molecule is CCOC(=O)CCNc1nccnc1C. The van der Waals surface area contributed by atoms with E-state index in [1.54, 1.807) is 19.3 Å². The maximum atomic E-state index is 11.0. The Morgan fingerprint density at radius 1 is 1.47 bits per heavy atom. The number of carbonyl (C=O) groups is 1. The number of aromatic nitrogens is 2. The molecule has 82 valence electrons. The number of aryl methyl sites for hydroxylation is 1. The number of nitrogens with one attached hydrogen (secondary N) is 1. The van der Waals surface area contributed by atoms with Crippen LogP contribution in [0.3, 0.4) is 0 Å². The Morgan fingerprint density at radius 2 is 2.20 bits per heavy atom. The van der Waals surface area contributed by atoms with Crippen molar-refractivity contribution in [2.24, 2.45) is 0 Å². The summed E-state index contributed by atoms with van der Waals surface area (Å²) in [5.74, 6) is 0.508. The number of hydrogen-bond acceptors (Lipinski definition) is 5. The van der Waals surface area contributed by atoms with Crippen molar-refractivity contribution >= 4 is 11.8 Å². The van der Waals surface area contributed by atoms with Gasteiger partial charge in [-0.05, 0) is 13.8 Å². The summed E-state index contributed by atoms with van der Waals surface area (Å²) in [5.41, 5.74) is 0.821. The fourth-order valence-electron chi connectivity index (χ4n) is 1.10. The topological polar surface area (TPSA) is 64.1 Å². The Kier molecular flexibility index (Phi) is 4.53. The molecule has 0 aliphatic rings. The number of esters is 1. The number of anilines is 1. The molecule has 15 heavy (non-hydrogen) atoms. The van der Waals surface area contributed by atoms with E-state index < -0.39 is 0 Å². The summed E-state index contributed by atoms with van der Waals surface area (Å²) in [6, 6.07) is 0. The van der Waals surface area contributed by atoms with Crippen molar-refractivity contribution in [3.8, 4) is 0 Å². The summed E-state index contributed by atoms with van der Waals surface area (Å²) in [5, 5.41) is 3.03. The van der Waals surface area contributed by atoms with Gasteiger partial charge in [0.1, 0.15) is 5.82 Å². The normalized spacial score (nSPS) is 9.73. The van der Waals surface area contributed by atoms with Crippen LogP contribution < -0.4 is 5.32 Å². The lowest BCUT2D eigenvalue weighted by Gasteiger charge is -2.06. The van der Waals surface area contributed by atoms with E-state index in [0.29, 0.717) is 25.4 Å². The Morgan fingerprint density at radius 3 is 2.87 bits per heavy atom. The van der Waals surface area contributed by atoms with Crippen molar-refractivity contribution in [2.75, 3.05) is 18.5 Å². The average Bonchev–Trinajstić information content (AvgIpc) is 2.21. The van der Waals surface area contributed by atoms with Gasteiger partial charge in [0, 0.05) is 18.9 Å². The van der Waals surface area contributed by atoms with Gasteiger partial charge in [0.2, 0.25) is 0 Å². The van der Waals surface area contributed by atoms with Gasteiger partial charge >= 0.3 is 5.97 Å². The Hall–Kier alpha value is -1.65. The molecule has 1 rings (SSSR count). The second-order valence-corrected chi connectivity index (χ2v) is 2.97. The molecular formula is C10H15N3O2. The molecule has 1 aromatic rings. The number of carbonyl (C=O) groups excluding carboxylic acids is 1. The summed E-state index contributed by atoms with van der Waals surface area (Å²) >= 11 is 0. The Balaban J connectivity index is 2.32. The molecule has 0 aliphatic heterocycles. The van der Waals surface area contributed by atoms with E-state index in [1.807, 2.05) is 6.92 Å². The first-order valence-electron chi connectivity index (χ1n) is 4.91. The average molecular weight is 209 g/mol. The van der Waals surface area contributed by atoms with E-state index in [0.717, 1.165) is 5.69 Å². The van der Waals surface area contributed by atoms with E-state index in [2.05, 4.69) is 15.3 Å². The molecule has 0 unspecified atom stereocenters. The van der Waals surface area contributed by atoms with Gasteiger partial charge in [-0.3, -0.25) is 9.78 Å². The van der Waals surface area contributed by atoms with E-state index >= 15 is 0 Å². The molecule has 0 saturated heterocycles. The minimum atomic E-state index is -0.202. The third-order valence-electron chi connectivity index (χ3n) is 1.81. The van der Waals surface area contributed by atoms with Crippen molar-refractivity contribution in [3.63, 3.8) is 0 Å². The lowest BCUT2D eigenvalue weighted by atomic mass is 10.4. The molecule has 0 aliphatic carbocycles. The summed E-state index contributed by atoms with van der Waals surface area (Å²) < 4.78 is 4.80. The highest BCUT2D eigenvalue weighted by atomic mass is 16.5. The largest absolute Gasteiger partial charge is 0.466 e. The highest BCUT2D eigenvalue weighted by molar-refractivity contribution is 5.69. The first-order valence-corrected chi connectivity index (χ1v) is 4.91. The summed E-state index contributed by atoms with van der Waals surface area (Å²) in [7, 11) is 0. The predicted molar refractivity (Wildman–Crippen MR) is 56.5 cm³/mol. The molecule has 1 N–H and O–H groups in total. The summed E-state index contributed by atoms with van der Waals surface area (Å²) in [6.45, 7) is 4.58. The monoisotopic (exact) mass is 209 g/mol. The number of nitrogens with zero attached hydrogens (tertiary/aromatic N) is 2. The van der Waals surface area contributed by atoms with Crippen LogP contribution in [-0.2, 0) is 9.53 Å². The molecule has 0 aromatic carbocycles. The van der Waals surface area contributed by atoms with E-state index in [4.69, 9.17) is 4.74 Å². The molecule has 0 bridgehead atoms. The van der Waals surface area contributed by atoms with Crippen molar-refractivity contribution in [1.82, 2.24) is 9.97 Å². The molecule has 1 aromatic heterocycles. The molecule has 1 heterocycles. The minimum Gasteiger partial charge on any atom is -0.466 e. The molecule has 5 heteroatoms. The van der Waals surface area contributed by atoms with Crippen LogP contribution in [0.25, 0.3) is 0 Å². The van der Waals surface area contributed by atoms with Crippen LogP contribution in [0.4, 0.5) is 5.82 Å². The van der Waals surface area contributed by atoms with E-state index in [1.165, 1.54) is 0 Å². The zero-order valence-electron chi connectivity index (χ0n) is 8.99. The third-order valence-corrected chi connectivity index (χ3v) is 1.81. The van der Waals surface area contributed by atoms with Crippen LogP contribution in [-0.4, -0.2) is 29.1 Å². The fourth-order valence-corrected chi connectivity index (χ4v) is 1.10. The van der Waals surface area contributed by atoms with Crippen molar-refractivity contribution in [2.45, 2.75) is 20.3 Å². The molecule has 0 amide bonds. The quantitative estimate of drug-likeness (QED) is 0.737. The van der Waals surface area contributed by atoms with Crippen LogP contribution in [0.2, 0.25) is 0 Å². The van der Waals surface area contributed by atoms with Gasteiger partial charge < -0.3 is 10.1 Å². The maximum Gasteiger partial charge on any atom is 0.307 e. The highest BCUT2D eigenvalue weighted by Gasteiger charge is 2.02. The van der Waals surface area contributed by atoms with E-state index in [9.17, 15) is 4.79 Å².